The minimum Gasteiger partial charge on any atom is -0.355 e. The molecule has 1 aromatic heterocycles. The fourth-order valence-electron chi connectivity index (χ4n) is 1.97. The van der Waals surface area contributed by atoms with Crippen molar-refractivity contribution in [2.45, 2.75) is 4.21 Å². The van der Waals surface area contributed by atoms with Crippen molar-refractivity contribution in [2.75, 3.05) is 26.0 Å². The lowest BCUT2D eigenvalue weighted by molar-refractivity contribution is -0.116. The van der Waals surface area contributed by atoms with Crippen LogP contribution in [0, 0.1) is 0 Å². The molecule has 0 aliphatic heterocycles. The van der Waals surface area contributed by atoms with Crippen molar-refractivity contribution in [3.05, 3.63) is 47.3 Å². The summed E-state index contributed by atoms with van der Waals surface area (Å²) in [6.45, 7) is -0.359. The zero-order chi connectivity index (χ0) is 17.7. The number of carbonyl (C=O) groups excluding carboxylic acids is 2. The van der Waals surface area contributed by atoms with E-state index in [1.54, 1.807) is 35.7 Å². The Kier molecular flexibility index (Phi) is 5.71. The summed E-state index contributed by atoms with van der Waals surface area (Å²) < 4.78 is 25.7. The normalized spacial score (nSPS) is 11.3. The first-order valence-corrected chi connectivity index (χ1v) is 9.29. The first kappa shape index (κ1) is 18.1. The molecule has 9 heteroatoms. The molecule has 2 amide bonds. The van der Waals surface area contributed by atoms with E-state index >= 15 is 0 Å². The Hall–Kier alpha value is -2.23. The van der Waals surface area contributed by atoms with Gasteiger partial charge in [-0.2, -0.15) is 4.31 Å². The number of likely N-dealkylation sites (N-methyl/N-ethyl adjacent to an activating group) is 1. The van der Waals surface area contributed by atoms with E-state index in [1.165, 1.54) is 20.2 Å². The van der Waals surface area contributed by atoms with E-state index in [9.17, 15) is 18.0 Å². The van der Waals surface area contributed by atoms with Gasteiger partial charge in [-0.05, 0) is 23.6 Å². The highest BCUT2D eigenvalue weighted by atomic mass is 32.2. The van der Waals surface area contributed by atoms with Gasteiger partial charge in [0.2, 0.25) is 5.91 Å². The highest BCUT2D eigenvalue weighted by molar-refractivity contribution is 7.91. The highest BCUT2D eigenvalue weighted by Crippen LogP contribution is 2.20. The number of para-hydroxylation sites is 1. The molecule has 0 radical (unpaired) electrons. The predicted molar refractivity (Wildman–Crippen MR) is 92.6 cm³/mol. The third-order valence-electron chi connectivity index (χ3n) is 3.20. The molecule has 0 saturated heterocycles. The smallest absolute Gasteiger partial charge is 0.253 e. The summed E-state index contributed by atoms with van der Waals surface area (Å²) in [7, 11) is -0.881. The van der Waals surface area contributed by atoms with Crippen molar-refractivity contribution < 1.29 is 18.0 Å². The monoisotopic (exact) mass is 367 g/mol. The average Bonchev–Trinajstić information content (AvgIpc) is 3.09. The van der Waals surface area contributed by atoms with E-state index in [4.69, 9.17) is 0 Å². The minimum atomic E-state index is -3.70. The van der Waals surface area contributed by atoms with Gasteiger partial charge in [0, 0.05) is 14.1 Å². The second-order valence-corrected chi connectivity index (χ2v) is 8.09. The zero-order valence-corrected chi connectivity index (χ0v) is 14.8. The van der Waals surface area contributed by atoms with Gasteiger partial charge in [0.05, 0.1) is 17.8 Å². The van der Waals surface area contributed by atoms with Gasteiger partial charge in [-0.25, -0.2) is 8.42 Å². The van der Waals surface area contributed by atoms with Gasteiger partial charge in [-0.3, -0.25) is 9.59 Å². The van der Waals surface area contributed by atoms with Crippen molar-refractivity contribution in [1.82, 2.24) is 9.62 Å². The number of carbonyl (C=O) groups is 2. The van der Waals surface area contributed by atoms with E-state index < -0.39 is 15.9 Å². The molecule has 0 aliphatic carbocycles. The summed E-state index contributed by atoms with van der Waals surface area (Å²) in [6, 6.07) is 9.61. The van der Waals surface area contributed by atoms with Crippen molar-refractivity contribution in [2.24, 2.45) is 0 Å². The van der Waals surface area contributed by atoms with E-state index in [-0.39, 0.29) is 16.7 Å². The lowest BCUT2D eigenvalue weighted by atomic mass is 10.1. The summed E-state index contributed by atoms with van der Waals surface area (Å²) in [5.41, 5.74) is 0.626. The van der Waals surface area contributed by atoms with Crippen LogP contribution < -0.4 is 10.6 Å². The topological polar surface area (TPSA) is 95.6 Å². The number of benzene rings is 1. The Balaban J connectivity index is 2.11. The third-order valence-corrected chi connectivity index (χ3v) is 6.38. The Morgan fingerprint density at radius 3 is 2.50 bits per heavy atom. The van der Waals surface area contributed by atoms with Crippen LogP contribution in [0.1, 0.15) is 10.4 Å². The maximum Gasteiger partial charge on any atom is 0.253 e. The fraction of sp³-hybridized carbons (Fsp3) is 0.200. The van der Waals surface area contributed by atoms with Gasteiger partial charge in [0.25, 0.3) is 15.9 Å². The SMILES string of the molecule is CNC(=O)c1ccccc1NC(=O)CN(C)S(=O)(=O)c1cccs1. The molecule has 7 nitrogen and oxygen atoms in total. The predicted octanol–water partition coefficient (Wildman–Crippen LogP) is 1.37. The van der Waals surface area contributed by atoms with E-state index in [0.29, 0.717) is 11.3 Å². The average molecular weight is 367 g/mol. The molecule has 0 unspecified atom stereocenters. The first-order chi connectivity index (χ1) is 11.4. The van der Waals surface area contributed by atoms with Crippen LogP contribution >= 0.6 is 11.3 Å². The number of thiophene rings is 1. The molecule has 1 heterocycles. The first-order valence-electron chi connectivity index (χ1n) is 6.97. The number of hydrogen-bond acceptors (Lipinski definition) is 5. The van der Waals surface area contributed by atoms with E-state index in [0.717, 1.165) is 15.6 Å². The molecule has 128 valence electrons. The quantitative estimate of drug-likeness (QED) is 0.806. The molecule has 24 heavy (non-hydrogen) atoms. The van der Waals surface area contributed by atoms with E-state index in [1.807, 2.05) is 0 Å². The highest BCUT2D eigenvalue weighted by Gasteiger charge is 2.24. The number of hydrogen-bond donors (Lipinski definition) is 2. The summed E-state index contributed by atoms with van der Waals surface area (Å²) in [6.07, 6.45) is 0. The van der Waals surface area contributed by atoms with Crippen LogP contribution in [0.15, 0.2) is 46.0 Å². The van der Waals surface area contributed by atoms with Crippen molar-refractivity contribution in [1.29, 1.82) is 0 Å². The summed E-state index contributed by atoms with van der Waals surface area (Å²) in [5.74, 6) is -0.876. The standard InChI is InChI=1S/C15H17N3O4S2/c1-16-15(20)11-6-3-4-7-12(11)17-13(19)10-18(2)24(21,22)14-8-5-9-23-14/h3-9H,10H2,1-2H3,(H,16,20)(H,17,19). The second-order valence-electron chi connectivity index (χ2n) is 4.87. The van der Waals surface area contributed by atoms with Crippen LogP contribution in [0.4, 0.5) is 5.69 Å². The zero-order valence-electron chi connectivity index (χ0n) is 13.1. The molecule has 0 spiro atoms. The van der Waals surface area contributed by atoms with Crippen LogP contribution in [-0.2, 0) is 14.8 Å². The largest absolute Gasteiger partial charge is 0.355 e. The minimum absolute atomic E-state index is 0.170. The van der Waals surface area contributed by atoms with Gasteiger partial charge >= 0.3 is 0 Å². The van der Waals surface area contributed by atoms with Crippen LogP contribution in [0.25, 0.3) is 0 Å². The van der Waals surface area contributed by atoms with Gasteiger partial charge in [-0.1, -0.05) is 18.2 Å². The number of sulfonamides is 1. The Bertz CT molecular complexity index is 832. The fourth-order valence-corrected chi connectivity index (χ4v) is 4.29. The summed E-state index contributed by atoms with van der Waals surface area (Å²) in [4.78, 5) is 23.9. The summed E-state index contributed by atoms with van der Waals surface area (Å²) >= 11 is 1.08. The molecule has 2 aromatic rings. The van der Waals surface area contributed by atoms with Crippen LogP contribution in [0.3, 0.4) is 0 Å². The molecule has 0 bridgehead atoms. The number of amides is 2. The molecule has 0 aliphatic rings. The van der Waals surface area contributed by atoms with Gasteiger partial charge in [0.1, 0.15) is 4.21 Å². The summed E-state index contributed by atoms with van der Waals surface area (Å²) in [5, 5.41) is 6.71. The number of nitrogens with one attached hydrogen (secondary N) is 2. The lowest BCUT2D eigenvalue weighted by Crippen LogP contribution is -2.35. The third kappa shape index (κ3) is 3.99. The van der Waals surface area contributed by atoms with E-state index in [2.05, 4.69) is 10.6 Å². The van der Waals surface area contributed by atoms with Gasteiger partial charge in [-0.15, -0.1) is 11.3 Å². The maximum atomic E-state index is 12.3. The lowest BCUT2D eigenvalue weighted by Gasteiger charge is -2.16. The number of rotatable bonds is 6. The maximum absolute atomic E-state index is 12.3. The van der Waals surface area contributed by atoms with Crippen LogP contribution in [0.2, 0.25) is 0 Å². The molecule has 0 fully saturated rings. The van der Waals surface area contributed by atoms with Gasteiger partial charge < -0.3 is 10.6 Å². The van der Waals surface area contributed by atoms with Crippen molar-refractivity contribution in [3.8, 4) is 0 Å². The Labute approximate surface area is 144 Å². The Morgan fingerprint density at radius 1 is 1.17 bits per heavy atom. The molecular formula is C15H17N3O4S2. The molecule has 2 rings (SSSR count). The molecule has 2 N–H and O–H groups in total. The van der Waals surface area contributed by atoms with Gasteiger partial charge in [0.15, 0.2) is 0 Å². The second kappa shape index (κ2) is 7.56. The number of nitrogens with zero attached hydrogens (tertiary/aromatic N) is 1. The molecule has 0 saturated carbocycles. The van der Waals surface area contributed by atoms with Crippen LogP contribution in [0.5, 0.6) is 0 Å². The van der Waals surface area contributed by atoms with Crippen molar-refractivity contribution >= 4 is 38.9 Å². The Morgan fingerprint density at radius 2 is 1.88 bits per heavy atom. The number of anilines is 1. The van der Waals surface area contributed by atoms with Crippen LogP contribution in [-0.4, -0.2) is 45.2 Å². The molecule has 1 aromatic carbocycles. The molecule has 0 atom stereocenters. The van der Waals surface area contributed by atoms with Crippen molar-refractivity contribution in [3.63, 3.8) is 0 Å². The molecular weight excluding hydrogens is 350 g/mol.